The van der Waals surface area contributed by atoms with E-state index in [4.69, 9.17) is 28.8 Å². The summed E-state index contributed by atoms with van der Waals surface area (Å²) in [6.07, 6.45) is 0. The quantitative estimate of drug-likeness (QED) is 0.807. The van der Waals surface area contributed by atoms with E-state index in [1.807, 2.05) is 48.5 Å². The Morgan fingerprint density at radius 2 is 1.87 bits per heavy atom. The van der Waals surface area contributed by atoms with Crippen molar-refractivity contribution in [1.82, 2.24) is 0 Å². The first-order valence-electron chi connectivity index (χ1n) is 7.32. The number of aliphatic imine (C=N–C) groups is 1. The molecule has 3 nitrogen and oxygen atoms in total. The summed E-state index contributed by atoms with van der Waals surface area (Å²) in [7, 11) is 0. The SMILES string of the molecule is CC(C)(O)C1N=C(c2ccccc2)c2cc(Cl)ccc2NC1=S. The number of hydrogen-bond acceptors (Lipinski definition) is 3. The van der Waals surface area contributed by atoms with Crippen molar-refractivity contribution in [2.24, 2.45) is 4.99 Å². The van der Waals surface area contributed by atoms with Gasteiger partial charge in [0.2, 0.25) is 0 Å². The minimum absolute atomic E-state index is 0.493. The molecule has 1 unspecified atom stereocenters. The van der Waals surface area contributed by atoms with Crippen LogP contribution in [0, 0.1) is 0 Å². The third kappa shape index (κ3) is 3.29. The lowest BCUT2D eigenvalue weighted by molar-refractivity contribution is 0.0743. The second-order valence-corrected chi connectivity index (χ2v) is 6.96. The number of benzodiazepines with no additional fused rings is 1. The van der Waals surface area contributed by atoms with E-state index < -0.39 is 11.6 Å². The lowest BCUT2D eigenvalue weighted by Gasteiger charge is -2.26. The van der Waals surface area contributed by atoms with Gasteiger partial charge >= 0.3 is 0 Å². The Labute approximate surface area is 146 Å². The zero-order valence-electron chi connectivity index (χ0n) is 12.9. The van der Waals surface area contributed by atoms with Crippen molar-refractivity contribution >= 4 is 40.2 Å². The van der Waals surface area contributed by atoms with Crippen molar-refractivity contribution < 1.29 is 5.11 Å². The maximum atomic E-state index is 10.5. The number of aliphatic hydroxyl groups is 1. The Bertz CT molecular complexity index is 781. The molecule has 2 N–H and O–H groups in total. The molecule has 1 heterocycles. The summed E-state index contributed by atoms with van der Waals surface area (Å²) in [6.45, 7) is 3.42. The molecule has 0 aromatic heterocycles. The highest BCUT2D eigenvalue weighted by molar-refractivity contribution is 7.80. The Balaban J connectivity index is 2.25. The molecular formula is C18H17ClN2OS. The summed E-state index contributed by atoms with van der Waals surface area (Å²) in [5.74, 6) is 0. The smallest absolute Gasteiger partial charge is 0.129 e. The van der Waals surface area contributed by atoms with Crippen molar-refractivity contribution in [2.75, 3.05) is 5.32 Å². The molecule has 118 valence electrons. The average Bonchev–Trinajstić information content (AvgIpc) is 2.64. The summed E-state index contributed by atoms with van der Waals surface area (Å²) in [4.78, 5) is 5.28. The van der Waals surface area contributed by atoms with Crippen LogP contribution in [0.2, 0.25) is 5.02 Å². The topological polar surface area (TPSA) is 44.6 Å². The molecule has 23 heavy (non-hydrogen) atoms. The van der Waals surface area contributed by atoms with Gasteiger partial charge in [-0.05, 0) is 32.0 Å². The van der Waals surface area contributed by atoms with Gasteiger partial charge in [0.25, 0.3) is 0 Å². The average molecular weight is 345 g/mol. The summed E-state index contributed by atoms with van der Waals surface area (Å²) >= 11 is 11.6. The van der Waals surface area contributed by atoms with Gasteiger partial charge in [-0.25, -0.2) is 0 Å². The van der Waals surface area contributed by atoms with Crippen LogP contribution in [0.4, 0.5) is 5.69 Å². The zero-order valence-corrected chi connectivity index (χ0v) is 14.4. The van der Waals surface area contributed by atoms with Crippen LogP contribution in [0.5, 0.6) is 0 Å². The molecule has 0 amide bonds. The van der Waals surface area contributed by atoms with E-state index >= 15 is 0 Å². The van der Waals surface area contributed by atoms with E-state index in [0.29, 0.717) is 10.0 Å². The fourth-order valence-electron chi connectivity index (χ4n) is 2.58. The van der Waals surface area contributed by atoms with Crippen LogP contribution in [0.1, 0.15) is 25.0 Å². The minimum Gasteiger partial charge on any atom is -0.388 e. The number of nitrogens with one attached hydrogen (secondary N) is 1. The molecule has 5 heteroatoms. The van der Waals surface area contributed by atoms with Crippen molar-refractivity contribution in [2.45, 2.75) is 25.5 Å². The Kier molecular flexibility index (Phi) is 4.23. The summed E-state index contributed by atoms with van der Waals surface area (Å²) in [6, 6.07) is 14.9. The predicted molar refractivity (Wildman–Crippen MR) is 99.8 cm³/mol. The number of anilines is 1. The highest BCUT2D eigenvalue weighted by Crippen LogP contribution is 2.29. The van der Waals surface area contributed by atoms with E-state index in [1.54, 1.807) is 13.8 Å². The second kappa shape index (κ2) is 6.04. The van der Waals surface area contributed by atoms with E-state index in [2.05, 4.69) is 5.32 Å². The van der Waals surface area contributed by atoms with Crippen molar-refractivity contribution in [1.29, 1.82) is 0 Å². The molecule has 1 atom stereocenters. The van der Waals surface area contributed by atoms with Gasteiger partial charge in [0.05, 0.1) is 11.3 Å². The van der Waals surface area contributed by atoms with Gasteiger partial charge in [0, 0.05) is 21.8 Å². The first-order chi connectivity index (χ1) is 10.9. The number of hydrogen-bond donors (Lipinski definition) is 2. The summed E-state index contributed by atoms with van der Waals surface area (Å²) in [5, 5.41) is 14.3. The molecule has 0 saturated carbocycles. The lowest BCUT2D eigenvalue weighted by atomic mass is 9.98. The van der Waals surface area contributed by atoms with Gasteiger partial charge in [-0.2, -0.15) is 0 Å². The van der Waals surface area contributed by atoms with E-state index in [1.165, 1.54) is 0 Å². The summed E-state index contributed by atoms with van der Waals surface area (Å²) in [5.41, 5.74) is 2.36. The van der Waals surface area contributed by atoms with Crippen molar-refractivity contribution in [3.63, 3.8) is 0 Å². The van der Waals surface area contributed by atoms with E-state index in [-0.39, 0.29) is 0 Å². The number of nitrogens with zero attached hydrogens (tertiary/aromatic N) is 1. The molecule has 0 saturated heterocycles. The van der Waals surface area contributed by atoms with Crippen molar-refractivity contribution in [3.8, 4) is 0 Å². The largest absolute Gasteiger partial charge is 0.388 e. The monoisotopic (exact) mass is 344 g/mol. The summed E-state index contributed by atoms with van der Waals surface area (Å²) < 4.78 is 0. The van der Waals surface area contributed by atoms with E-state index in [0.717, 1.165) is 22.5 Å². The molecule has 0 bridgehead atoms. The highest BCUT2D eigenvalue weighted by atomic mass is 35.5. The standard InChI is InChI=1S/C18H17ClN2OS/c1-18(2,22)16-17(23)20-14-9-8-12(19)10-13(14)15(21-16)11-6-4-3-5-7-11/h3-10,16,22H,1-2H3,(H,20,23). The fourth-order valence-corrected chi connectivity index (χ4v) is 3.21. The normalized spacial score (nSPS) is 17.8. The zero-order chi connectivity index (χ0) is 16.6. The highest BCUT2D eigenvalue weighted by Gasteiger charge is 2.33. The molecule has 1 aliphatic heterocycles. The fraction of sp³-hybridized carbons (Fsp3) is 0.222. The van der Waals surface area contributed by atoms with Gasteiger partial charge in [0.1, 0.15) is 11.0 Å². The minimum atomic E-state index is -1.07. The maximum Gasteiger partial charge on any atom is 0.129 e. The number of rotatable bonds is 2. The van der Waals surface area contributed by atoms with Gasteiger partial charge in [-0.1, -0.05) is 54.2 Å². The number of thiocarbonyl (C=S) groups is 1. The van der Waals surface area contributed by atoms with Gasteiger partial charge < -0.3 is 10.4 Å². The molecule has 0 fully saturated rings. The van der Waals surface area contributed by atoms with Gasteiger partial charge in [-0.3, -0.25) is 4.99 Å². The first kappa shape index (κ1) is 16.1. The third-order valence-corrected chi connectivity index (χ3v) is 4.28. The van der Waals surface area contributed by atoms with Crippen LogP contribution in [0.15, 0.2) is 53.5 Å². The molecule has 1 aliphatic rings. The molecule has 0 radical (unpaired) electrons. The molecule has 3 rings (SSSR count). The van der Waals surface area contributed by atoms with E-state index in [9.17, 15) is 5.11 Å². The van der Waals surface area contributed by atoms with Crippen LogP contribution >= 0.6 is 23.8 Å². The molecule has 0 aliphatic carbocycles. The molecule has 2 aromatic rings. The van der Waals surface area contributed by atoms with Crippen LogP contribution in [0.25, 0.3) is 0 Å². The second-order valence-electron chi connectivity index (χ2n) is 6.08. The van der Waals surface area contributed by atoms with Gasteiger partial charge in [-0.15, -0.1) is 0 Å². The Hall–Kier alpha value is -1.75. The number of fused-ring (bicyclic) bond motifs is 1. The van der Waals surface area contributed by atoms with Crippen molar-refractivity contribution in [3.05, 3.63) is 64.7 Å². The Morgan fingerprint density at radius 1 is 1.17 bits per heavy atom. The maximum absolute atomic E-state index is 10.5. The number of halogens is 1. The third-order valence-electron chi connectivity index (χ3n) is 3.72. The first-order valence-corrected chi connectivity index (χ1v) is 8.11. The van der Waals surface area contributed by atoms with Crippen LogP contribution in [-0.4, -0.2) is 27.4 Å². The van der Waals surface area contributed by atoms with Crippen LogP contribution in [0.3, 0.4) is 0 Å². The predicted octanol–water partition coefficient (Wildman–Crippen LogP) is 4.07. The number of benzene rings is 2. The van der Waals surface area contributed by atoms with Gasteiger partial charge in [0.15, 0.2) is 0 Å². The molecular weight excluding hydrogens is 328 g/mol. The van der Waals surface area contributed by atoms with Crippen LogP contribution in [-0.2, 0) is 0 Å². The molecule has 2 aromatic carbocycles. The Morgan fingerprint density at radius 3 is 2.52 bits per heavy atom. The molecule has 0 spiro atoms. The lowest BCUT2D eigenvalue weighted by Crippen LogP contribution is -2.42. The van der Waals surface area contributed by atoms with Crippen LogP contribution < -0.4 is 5.32 Å².